The Bertz CT molecular complexity index is 648. The molecule has 0 saturated carbocycles. The minimum Gasteiger partial charge on any atom is -0.298 e. The number of hydrogen-bond donors (Lipinski definition) is 0. The van der Waals surface area contributed by atoms with Crippen molar-refractivity contribution in [2.45, 2.75) is 0 Å². The Labute approximate surface area is 134 Å². The van der Waals surface area contributed by atoms with Gasteiger partial charge in [0.15, 0.2) is 6.29 Å². The van der Waals surface area contributed by atoms with E-state index in [0.29, 0.717) is 17.5 Å². The van der Waals surface area contributed by atoms with Gasteiger partial charge in [-0.15, -0.1) is 0 Å². The first-order valence-electron chi connectivity index (χ1n) is 4.89. The van der Waals surface area contributed by atoms with Gasteiger partial charge in [-0.2, -0.15) is 0 Å². The first kappa shape index (κ1) is 14.9. The van der Waals surface area contributed by atoms with Crippen molar-refractivity contribution in [2.75, 3.05) is 0 Å². The molecule has 0 saturated heterocycles. The lowest BCUT2D eigenvalue weighted by molar-refractivity contribution is 0.112. The van der Waals surface area contributed by atoms with E-state index in [9.17, 15) is 4.79 Å². The number of aldehydes is 1. The molecule has 0 atom stereocenters. The minimum atomic E-state index is 0.136. The lowest BCUT2D eigenvalue weighted by Gasteiger charge is -2.09. The van der Waals surface area contributed by atoms with Crippen LogP contribution in [0.1, 0.15) is 10.4 Å². The van der Waals surface area contributed by atoms with Crippen LogP contribution in [-0.4, -0.2) is 11.3 Å². The second-order valence-corrected chi connectivity index (χ2v) is 5.53. The van der Waals surface area contributed by atoms with Gasteiger partial charge in [0.05, 0.1) is 36.4 Å². The summed E-state index contributed by atoms with van der Waals surface area (Å²) in [4.78, 5) is 15.0. The molecule has 7 heteroatoms. The number of nitrogens with zero attached hydrogens (tertiary/aromatic N) is 1. The van der Waals surface area contributed by atoms with Gasteiger partial charge in [0.2, 0.25) is 0 Å². The van der Waals surface area contributed by atoms with E-state index in [0.717, 1.165) is 0 Å². The largest absolute Gasteiger partial charge is 0.298 e. The molecule has 0 spiro atoms. The second kappa shape index (κ2) is 5.86. The average Bonchev–Trinajstić information content (AvgIpc) is 2.36. The zero-order valence-corrected chi connectivity index (χ0v) is 12.8. The number of carbonyl (C=O) groups is 1. The third kappa shape index (κ3) is 2.83. The van der Waals surface area contributed by atoms with Crippen molar-refractivity contribution in [3.05, 3.63) is 49.0 Å². The van der Waals surface area contributed by atoms with Crippen molar-refractivity contribution in [1.29, 1.82) is 0 Å². The molecule has 2 rings (SSSR count). The second-order valence-electron chi connectivity index (χ2n) is 3.55. The summed E-state index contributed by atoms with van der Waals surface area (Å²) < 4.78 is 0. The number of aromatic nitrogens is 1. The molecule has 1 heterocycles. The number of carbonyl (C=O) groups excluding carboxylic acids is 1. The maximum Gasteiger partial charge on any atom is 0.153 e. The summed E-state index contributed by atoms with van der Waals surface area (Å²) in [5, 5.41) is 1.09. The fourth-order valence-corrected chi connectivity index (χ4v) is 2.62. The Kier molecular flexibility index (Phi) is 4.59. The smallest absolute Gasteiger partial charge is 0.153 e. The Morgan fingerprint density at radius 2 is 1.47 bits per heavy atom. The van der Waals surface area contributed by atoms with Crippen LogP contribution in [0.25, 0.3) is 11.3 Å². The van der Waals surface area contributed by atoms with E-state index in [1.165, 1.54) is 6.20 Å². The van der Waals surface area contributed by atoms with Crippen LogP contribution in [0, 0.1) is 0 Å². The van der Waals surface area contributed by atoms with Crippen LogP contribution in [0.3, 0.4) is 0 Å². The van der Waals surface area contributed by atoms with E-state index >= 15 is 0 Å². The molecule has 0 aliphatic rings. The molecule has 0 amide bonds. The van der Waals surface area contributed by atoms with E-state index in [1.54, 1.807) is 12.1 Å². The summed E-state index contributed by atoms with van der Waals surface area (Å²) >= 11 is 29.7. The predicted molar refractivity (Wildman–Crippen MR) is 80.1 cm³/mol. The zero-order valence-electron chi connectivity index (χ0n) is 9.05. The SMILES string of the molecule is O=Cc1c(Cl)cnc(-c2cc(Cl)c(Cl)c(Cl)c2)c1Cl. The minimum absolute atomic E-state index is 0.136. The summed E-state index contributed by atoms with van der Waals surface area (Å²) in [6, 6.07) is 3.12. The third-order valence-corrected chi connectivity index (χ3v) is 4.26. The molecule has 1 aromatic carbocycles. The van der Waals surface area contributed by atoms with Gasteiger partial charge in [0, 0.05) is 11.8 Å². The van der Waals surface area contributed by atoms with Gasteiger partial charge in [-0.25, -0.2) is 0 Å². The fourth-order valence-electron chi connectivity index (χ4n) is 1.48. The number of benzene rings is 1. The Balaban J connectivity index is 2.69. The quantitative estimate of drug-likeness (QED) is 0.501. The summed E-state index contributed by atoms with van der Waals surface area (Å²) in [6.07, 6.45) is 1.90. The van der Waals surface area contributed by atoms with Crippen molar-refractivity contribution in [3.8, 4) is 11.3 Å². The van der Waals surface area contributed by atoms with Gasteiger partial charge in [-0.3, -0.25) is 9.78 Å². The van der Waals surface area contributed by atoms with E-state index in [2.05, 4.69) is 4.98 Å². The standard InChI is InChI=1S/C12H4Cl5NO/c13-7-1-5(2-8(14)11(7)17)12-10(16)6(4-19)9(15)3-18-12/h1-4H. The maximum absolute atomic E-state index is 10.9. The van der Waals surface area contributed by atoms with Gasteiger partial charge < -0.3 is 0 Å². The third-order valence-electron chi connectivity index (χ3n) is 2.38. The molecule has 2 aromatic rings. The van der Waals surface area contributed by atoms with Gasteiger partial charge in [0.1, 0.15) is 0 Å². The maximum atomic E-state index is 10.9. The molecular weight excluding hydrogens is 351 g/mol. The van der Waals surface area contributed by atoms with Gasteiger partial charge in [-0.05, 0) is 12.1 Å². The molecule has 19 heavy (non-hydrogen) atoms. The summed E-state index contributed by atoms with van der Waals surface area (Å²) in [6.45, 7) is 0. The highest BCUT2D eigenvalue weighted by Crippen LogP contribution is 2.38. The van der Waals surface area contributed by atoms with E-state index in [1.807, 2.05) is 0 Å². The highest BCUT2D eigenvalue weighted by molar-refractivity contribution is 6.48. The van der Waals surface area contributed by atoms with Crippen molar-refractivity contribution in [3.63, 3.8) is 0 Å². The van der Waals surface area contributed by atoms with Crippen LogP contribution in [-0.2, 0) is 0 Å². The van der Waals surface area contributed by atoms with Gasteiger partial charge in [0.25, 0.3) is 0 Å². The van der Waals surface area contributed by atoms with Gasteiger partial charge >= 0.3 is 0 Å². The Morgan fingerprint density at radius 3 is 2.00 bits per heavy atom. The molecule has 0 unspecified atom stereocenters. The van der Waals surface area contributed by atoms with E-state index in [-0.39, 0.29) is 30.7 Å². The van der Waals surface area contributed by atoms with E-state index in [4.69, 9.17) is 58.0 Å². The van der Waals surface area contributed by atoms with Crippen LogP contribution in [0.5, 0.6) is 0 Å². The normalized spacial score (nSPS) is 10.6. The number of pyridine rings is 1. The average molecular weight is 355 g/mol. The van der Waals surface area contributed by atoms with E-state index < -0.39 is 0 Å². The summed E-state index contributed by atoms with van der Waals surface area (Å²) in [7, 11) is 0. The lowest BCUT2D eigenvalue weighted by atomic mass is 10.1. The molecule has 98 valence electrons. The fraction of sp³-hybridized carbons (Fsp3) is 0. The first-order valence-corrected chi connectivity index (χ1v) is 6.78. The van der Waals surface area contributed by atoms with Gasteiger partial charge in [-0.1, -0.05) is 58.0 Å². The number of rotatable bonds is 2. The molecule has 1 aromatic heterocycles. The topological polar surface area (TPSA) is 30.0 Å². The first-order chi connectivity index (χ1) is 8.95. The summed E-state index contributed by atoms with van der Waals surface area (Å²) in [5.41, 5.74) is 1.06. The lowest BCUT2D eigenvalue weighted by Crippen LogP contribution is -1.92. The Hall–Kier alpha value is -0.510. The van der Waals surface area contributed by atoms with Crippen molar-refractivity contribution in [2.24, 2.45) is 0 Å². The highest BCUT2D eigenvalue weighted by Gasteiger charge is 2.15. The van der Waals surface area contributed by atoms with Crippen molar-refractivity contribution >= 4 is 64.3 Å². The monoisotopic (exact) mass is 353 g/mol. The van der Waals surface area contributed by atoms with Crippen molar-refractivity contribution in [1.82, 2.24) is 4.98 Å². The zero-order chi connectivity index (χ0) is 14.2. The van der Waals surface area contributed by atoms with Crippen LogP contribution in [0.15, 0.2) is 18.3 Å². The number of hydrogen-bond acceptors (Lipinski definition) is 2. The predicted octanol–water partition coefficient (Wildman–Crippen LogP) is 5.83. The number of halogens is 5. The molecule has 0 bridgehead atoms. The van der Waals surface area contributed by atoms with Crippen LogP contribution in [0.4, 0.5) is 0 Å². The molecule has 0 radical (unpaired) electrons. The highest BCUT2D eigenvalue weighted by atomic mass is 35.5. The Morgan fingerprint density at radius 1 is 0.895 bits per heavy atom. The molecule has 0 fully saturated rings. The molecular formula is C12H4Cl5NO. The molecule has 2 nitrogen and oxygen atoms in total. The molecule has 0 aliphatic heterocycles. The van der Waals surface area contributed by atoms with Crippen LogP contribution >= 0.6 is 58.0 Å². The van der Waals surface area contributed by atoms with Crippen molar-refractivity contribution < 1.29 is 4.79 Å². The van der Waals surface area contributed by atoms with Crippen LogP contribution in [0.2, 0.25) is 25.1 Å². The van der Waals surface area contributed by atoms with Crippen LogP contribution < -0.4 is 0 Å². The summed E-state index contributed by atoms with van der Waals surface area (Å²) in [5.74, 6) is 0. The molecule has 0 aliphatic carbocycles. The molecule has 0 N–H and O–H groups in total.